The molecule has 1 fully saturated rings. The van der Waals surface area contributed by atoms with Crippen molar-refractivity contribution >= 4 is 50.3 Å². The standard InChI is InChI=1S/C28H28ClN5O3S2/c1-16-13-20(9-10-22(16)32-39(4,36)37)34-27(26(31-28(34)38)23-7-5-6-12-30-23)21-14-17(2)33(18(21)3)24-15-19(29)8-11-25(24)35/h5-15,26-27,32,35H,1-4H3,(H,31,38). The van der Waals surface area contributed by atoms with E-state index in [0.717, 1.165) is 40.2 Å². The number of nitrogens with one attached hydrogen (secondary N) is 2. The number of sulfonamides is 1. The second-order valence-electron chi connectivity index (χ2n) is 9.66. The van der Waals surface area contributed by atoms with Crippen LogP contribution in [-0.2, 0) is 10.0 Å². The molecule has 4 aromatic rings. The van der Waals surface area contributed by atoms with E-state index in [1.165, 1.54) is 0 Å². The molecule has 0 saturated carbocycles. The number of nitrogens with zero attached hydrogens (tertiary/aromatic N) is 3. The van der Waals surface area contributed by atoms with Gasteiger partial charge in [0.2, 0.25) is 10.0 Å². The van der Waals surface area contributed by atoms with E-state index in [9.17, 15) is 13.5 Å². The maximum absolute atomic E-state index is 11.8. The Morgan fingerprint density at radius 1 is 1.08 bits per heavy atom. The normalized spacial score (nSPS) is 17.4. The van der Waals surface area contributed by atoms with E-state index in [4.69, 9.17) is 23.8 Å². The van der Waals surface area contributed by atoms with Crippen LogP contribution in [0.4, 0.5) is 11.4 Å². The number of pyridine rings is 1. The van der Waals surface area contributed by atoms with E-state index in [2.05, 4.69) is 21.1 Å². The summed E-state index contributed by atoms with van der Waals surface area (Å²) in [6, 6.07) is 17.8. The van der Waals surface area contributed by atoms with Crippen molar-refractivity contribution in [3.63, 3.8) is 0 Å². The van der Waals surface area contributed by atoms with Crippen molar-refractivity contribution in [2.24, 2.45) is 0 Å². The summed E-state index contributed by atoms with van der Waals surface area (Å²) in [4.78, 5) is 6.66. The highest BCUT2D eigenvalue weighted by molar-refractivity contribution is 7.92. The van der Waals surface area contributed by atoms with Gasteiger partial charge >= 0.3 is 0 Å². The third-order valence-electron chi connectivity index (χ3n) is 6.85. The predicted octanol–water partition coefficient (Wildman–Crippen LogP) is 5.71. The monoisotopic (exact) mass is 581 g/mol. The number of hydrogen-bond acceptors (Lipinski definition) is 5. The molecular formula is C28H28ClN5O3S2. The summed E-state index contributed by atoms with van der Waals surface area (Å²) in [5, 5.41) is 15.2. The topological polar surface area (TPSA) is 99.5 Å². The fourth-order valence-electron chi connectivity index (χ4n) is 5.19. The lowest BCUT2D eigenvalue weighted by Crippen LogP contribution is -2.29. The highest BCUT2D eigenvalue weighted by Gasteiger charge is 2.42. The van der Waals surface area contributed by atoms with Gasteiger partial charge < -0.3 is 19.9 Å². The first-order valence-electron chi connectivity index (χ1n) is 12.2. The smallest absolute Gasteiger partial charge is 0.229 e. The molecule has 2 aromatic carbocycles. The molecule has 3 N–H and O–H groups in total. The van der Waals surface area contributed by atoms with Crippen LogP contribution in [-0.4, -0.2) is 34.4 Å². The van der Waals surface area contributed by atoms with Gasteiger partial charge in [0.15, 0.2) is 5.11 Å². The van der Waals surface area contributed by atoms with Gasteiger partial charge in [0.1, 0.15) is 5.75 Å². The number of thiocarbonyl (C=S) groups is 1. The van der Waals surface area contributed by atoms with Crippen LogP contribution in [0.25, 0.3) is 5.69 Å². The molecule has 1 aliphatic rings. The number of benzene rings is 2. The van der Waals surface area contributed by atoms with Gasteiger partial charge in [-0.3, -0.25) is 9.71 Å². The minimum Gasteiger partial charge on any atom is -0.506 e. The van der Waals surface area contributed by atoms with Crippen LogP contribution in [0.2, 0.25) is 5.02 Å². The van der Waals surface area contributed by atoms with Crippen molar-refractivity contribution in [2.45, 2.75) is 32.9 Å². The Labute approximate surface area is 238 Å². The van der Waals surface area contributed by atoms with Crippen LogP contribution < -0.4 is 14.9 Å². The average Bonchev–Trinajstić information content (AvgIpc) is 3.37. The number of rotatable bonds is 6. The van der Waals surface area contributed by atoms with E-state index in [1.807, 2.05) is 60.6 Å². The van der Waals surface area contributed by atoms with Crippen molar-refractivity contribution in [1.29, 1.82) is 0 Å². The van der Waals surface area contributed by atoms with Crippen LogP contribution in [0.5, 0.6) is 5.75 Å². The Kier molecular flexibility index (Phi) is 7.04. The van der Waals surface area contributed by atoms with Crippen LogP contribution in [0.3, 0.4) is 0 Å². The maximum Gasteiger partial charge on any atom is 0.229 e. The van der Waals surface area contributed by atoms with E-state index in [0.29, 0.717) is 21.5 Å². The van der Waals surface area contributed by atoms with Gasteiger partial charge in [-0.2, -0.15) is 0 Å². The number of phenolic OH excluding ortho intramolecular Hbond substituents is 1. The molecule has 1 saturated heterocycles. The molecule has 2 aromatic heterocycles. The third-order valence-corrected chi connectivity index (χ3v) is 7.99. The minimum atomic E-state index is -3.42. The number of aryl methyl sites for hydroxylation is 2. The summed E-state index contributed by atoms with van der Waals surface area (Å²) in [6.07, 6.45) is 2.88. The van der Waals surface area contributed by atoms with Crippen molar-refractivity contribution in [3.8, 4) is 11.4 Å². The molecular weight excluding hydrogens is 554 g/mol. The SMILES string of the molecule is Cc1cc(N2C(=S)NC(c3ccccn3)C2c2cc(C)n(-c3cc(Cl)ccc3O)c2C)ccc1NS(C)(=O)=O. The molecule has 3 heterocycles. The van der Waals surface area contributed by atoms with Crippen molar-refractivity contribution < 1.29 is 13.5 Å². The zero-order valence-electron chi connectivity index (χ0n) is 21.8. The summed E-state index contributed by atoms with van der Waals surface area (Å²) in [6.45, 7) is 5.83. The van der Waals surface area contributed by atoms with Gasteiger partial charge in [0, 0.05) is 28.3 Å². The van der Waals surface area contributed by atoms with Gasteiger partial charge in [-0.15, -0.1) is 0 Å². The number of phenols is 1. The molecule has 0 amide bonds. The lowest BCUT2D eigenvalue weighted by atomic mass is 9.96. The summed E-state index contributed by atoms with van der Waals surface area (Å²) < 4.78 is 28.2. The zero-order valence-corrected chi connectivity index (χ0v) is 24.2. The zero-order chi connectivity index (χ0) is 28.1. The lowest BCUT2D eigenvalue weighted by molar-refractivity contribution is 0.471. The fourth-order valence-corrected chi connectivity index (χ4v) is 6.34. The first-order chi connectivity index (χ1) is 18.4. The molecule has 202 valence electrons. The summed E-state index contributed by atoms with van der Waals surface area (Å²) in [7, 11) is -3.42. The maximum atomic E-state index is 11.8. The molecule has 1 aliphatic heterocycles. The molecule has 0 radical (unpaired) electrons. The molecule has 2 atom stereocenters. The van der Waals surface area contributed by atoms with Crippen molar-refractivity contribution in [3.05, 3.63) is 100 Å². The quantitative estimate of drug-likeness (QED) is 0.251. The molecule has 11 heteroatoms. The lowest BCUT2D eigenvalue weighted by Gasteiger charge is -2.29. The number of hydrogen-bond donors (Lipinski definition) is 3. The van der Waals surface area contributed by atoms with Gasteiger partial charge in [0.05, 0.1) is 35.4 Å². The minimum absolute atomic E-state index is 0.121. The van der Waals surface area contributed by atoms with E-state index in [-0.39, 0.29) is 17.8 Å². The number of halogens is 1. The number of aromatic nitrogens is 2. The summed E-state index contributed by atoms with van der Waals surface area (Å²) in [5.41, 5.74) is 6.32. The van der Waals surface area contributed by atoms with Crippen LogP contribution >= 0.6 is 23.8 Å². The molecule has 0 bridgehead atoms. The molecule has 0 aliphatic carbocycles. The highest BCUT2D eigenvalue weighted by atomic mass is 35.5. The Morgan fingerprint density at radius 2 is 1.85 bits per heavy atom. The first-order valence-corrected chi connectivity index (χ1v) is 14.9. The second-order valence-corrected chi connectivity index (χ2v) is 12.2. The second kappa shape index (κ2) is 10.2. The van der Waals surface area contributed by atoms with Gasteiger partial charge in [-0.25, -0.2) is 8.42 Å². The Morgan fingerprint density at radius 3 is 2.51 bits per heavy atom. The Bertz CT molecular complexity index is 1690. The molecule has 2 unspecified atom stereocenters. The van der Waals surface area contributed by atoms with Crippen LogP contribution in [0, 0.1) is 20.8 Å². The summed E-state index contributed by atoms with van der Waals surface area (Å²) >= 11 is 12.2. The molecule has 5 rings (SSSR count). The van der Waals surface area contributed by atoms with Crippen molar-refractivity contribution in [2.75, 3.05) is 15.9 Å². The van der Waals surface area contributed by atoms with E-state index < -0.39 is 10.0 Å². The number of aromatic hydroxyl groups is 1. The van der Waals surface area contributed by atoms with E-state index in [1.54, 1.807) is 30.5 Å². The third kappa shape index (κ3) is 5.19. The number of anilines is 2. The molecule has 0 spiro atoms. The Hall–Kier alpha value is -3.60. The Balaban J connectivity index is 1.67. The predicted molar refractivity (Wildman–Crippen MR) is 159 cm³/mol. The molecule has 39 heavy (non-hydrogen) atoms. The highest BCUT2D eigenvalue weighted by Crippen LogP contribution is 2.44. The molecule has 8 nitrogen and oxygen atoms in total. The van der Waals surface area contributed by atoms with Gasteiger partial charge in [-0.05, 0) is 98.7 Å². The first kappa shape index (κ1) is 27.0. The fraction of sp³-hybridized carbons (Fsp3) is 0.214. The van der Waals surface area contributed by atoms with Gasteiger partial charge in [-0.1, -0.05) is 17.7 Å². The summed E-state index contributed by atoms with van der Waals surface area (Å²) in [5.74, 6) is 0.121. The average molecular weight is 582 g/mol. The van der Waals surface area contributed by atoms with Gasteiger partial charge in [0.25, 0.3) is 0 Å². The van der Waals surface area contributed by atoms with Crippen LogP contribution in [0.1, 0.15) is 40.3 Å². The van der Waals surface area contributed by atoms with Crippen molar-refractivity contribution in [1.82, 2.24) is 14.9 Å². The van der Waals surface area contributed by atoms with E-state index >= 15 is 0 Å². The largest absolute Gasteiger partial charge is 0.506 e. The van der Waals surface area contributed by atoms with Crippen LogP contribution in [0.15, 0.2) is 66.9 Å².